The van der Waals surface area contributed by atoms with E-state index in [-0.39, 0.29) is 17.3 Å². The number of amides is 1. The van der Waals surface area contributed by atoms with Gasteiger partial charge in [0.15, 0.2) is 9.84 Å². The molecular formula is C16H17ClN2O3S. The van der Waals surface area contributed by atoms with Crippen LogP contribution in [0.3, 0.4) is 0 Å². The van der Waals surface area contributed by atoms with Crippen LogP contribution in [0.5, 0.6) is 0 Å². The molecule has 0 aliphatic rings. The summed E-state index contributed by atoms with van der Waals surface area (Å²) in [6, 6.07) is 11.6. The van der Waals surface area contributed by atoms with Gasteiger partial charge in [-0.3, -0.25) is 4.79 Å². The van der Waals surface area contributed by atoms with Crippen molar-refractivity contribution in [3.63, 3.8) is 0 Å². The lowest BCUT2D eigenvalue weighted by Gasteiger charge is -2.11. The number of carbonyl (C=O) groups excluding carboxylic acids is 1. The third-order valence-corrected chi connectivity index (χ3v) is 4.53. The van der Waals surface area contributed by atoms with Gasteiger partial charge in [-0.15, -0.1) is 0 Å². The third-order valence-electron chi connectivity index (χ3n) is 3.18. The summed E-state index contributed by atoms with van der Waals surface area (Å²) < 4.78 is 23.2. The Labute approximate surface area is 140 Å². The molecule has 0 bridgehead atoms. The fraction of sp³-hybridized carbons (Fsp3) is 0.188. The summed E-state index contributed by atoms with van der Waals surface area (Å²) in [6.07, 6.45) is 1.15. The zero-order valence-corrected chi connectivity index (χ0v) is 14.3. The van der Waals surface area contributed by atoms with Gasteiger partial charge in [-0.2, -0.15) is 0 Å². The molecule has 2 N–H and O–H groups in total. The molecule has 0 heterocycles. The maximum Gasteiger partial charge on any atom is 0.243 e. The van der Waals surface area contributed by atoms with E-state index in [1.807, 2.05) is 6.92 Å². The number of benzene rings is 2. The van der Waals surface area contributed by atoms with Crippen molar-refractivity contribution in [2.75, 3.05) is 23.4 Å². The summed E-state index contributed by atoms with van der Waals surface area (Å²) in [4.78, 5) is 12.2. The number of hydrogen-bond acceptors (Lipinski definition) is 4. The van der Waals surface area contributed by atoms with Crippen LogP contribution >= 0.6 is 11.6 Å². The van der Waals surface area contributed by atoms with Gasteiger partial charge in [0.1, 0.15) is 0 Å². The lowest BCUT2D eigenvalue weighted by atomic mass is 10.2. The van der Waals surface area contributed by atoms with Crippen molar-refractivity contribution in [2.24, 2.45) is 0 Å². The lowest BCUT2D eigenvalue weighted by molar-refractivity contribution is -0.114. The van der Waals surface area contributed by atoms with Gasteiger partial charge >= 0.3 is 0 Å². The van der Waals surface area contributed by atoms with E-state index in [9.17, 15) is 13.2 Å². The van der Waals surface area contributed by atoms with E-state index in [0.29, 0.717) is 16.4 Å². The van der Waals surface area contributed by atoms with Crippen LogP contribution in [0.15, 0.2) is 47.4 Å². The summed E-state index contributed by atoms with van der Waals surface area (Å²) in [7, 11) is -3.29. The smallest absolute Gasteiger partial charge is 0.243 e. The molecule has 122 valence electrons. The second-order valence-corrected chi connectivity index (χ2v) is 7.61. The van der Waals surface area contributed by atoms with Gasteiger partial charge in [-0.25, -0.2) is 8.42 Å². The maximum atomic E-state index is 12.0. The Balaban J connectivity index is 2.04. The summed E-state index contributed by atoms with van der Waals surface area (Å²) >= 11 is 5.86. The van der Waals surface area contributed by atoms with Gasteiger partial charge in [0.25, 0.3) is 0 Å². The first-order valence-electron chi connectivity index (χ1n) is 6.86. The Kier molecular flexibility index (Phi) is 5.28. The number of anilines is 2. The Hall–Kier alpha value is -2.05. The van der Waals surface area contributed by atoms with E-state index >= 15 is 0 Å². The molecule has 0 aliphatic heterocycles. The Morgan fingerprint density at radius 3 is 2.57 bits per heavy atom. The largest absolute Gasteiger partial charge is 0.376 e. The molecule has 0 unspecified atom stereocenters. The molecule has 2 aromatic carbocycles. The van der Waals surface area contributed by atoms with Gasteiger partial charge in [0.2, 0.25) is 5.91 Å². The van der Waals surface area contributed by atoms with E-state index < -0.39 is 9.84 Å². The van der Waals surface area contributed by atoms with Crippen LogP contribution in [0.1, 0.15) is 5.56 Å². The van der Waals surface area contributed by atoms with Crippen molar-refractivity contribution in [2.45, 2.75) is 11.8 Å². The molecule has 0 spiro atoms. The summed E-state index contributed by atoms with van der Waals surface area (Å²) in [6.45, 7) is 1.85. The number of halogens is 1. The van der Waals surface area contributed by atoms with Gasteiger partial charge in [0.05, 0.1) is 11.4 Å². The summed E-state index contributed by atoms with van der Waals surface area (Å²) in [5.74, 6) is -0.253. The zero-order valence-electron chi connectivity index (χ0n) is 12.8. The molecule has 0 atom stereocenters. The molecule has 0 fully saturated rings. The molecule has 0 aliphatic carbocycles. The highest BCUT2D eigenvalue weighted by molar-refractivity contribution is 7.90. The molecule has 2 rings (SSSR count). The van der Waals surface area contributed by atoms with Crippen LogP contribution in [0.4, 0.5) is 11.4 Å². The van der Waals surface area contributed by atoms with E-state index in [1.54, 1.807) is 36.4 Å². The van der Waals surface area contributed by atoms with Crippen LogP contribution in [0.25, 0.3) is 0 Å². The van der Waals surface area contributed by atoms with Crippen LogP contribution in [-0.2, 0) is 14.6 Å². The molecule has 2 aromatic rings. The number of rotatable bonds is 5. The van der Waals surface area contributed by atoms with E-state index in [1.165, 1.54) is 6.07 Å². The Morgan fingerprint density at radius 2 is 1.91 bits per heavy atom. The molecular weight excluding hydrogens is 336 g/mol. The average Bonchev–Trinajstić information content (AvgIpc) is 2.45. The minimum Gasteiger partial charge on any atom is -0.376 e. The van der Waals surface area contributed by atoms with Crippen molar-refractivity contribution < 1.29 is 13.2 Å². The van der Waals surface area contributed by atoms with Crippen molar-refractivity contribution in [1.29, 1.82) is 0 Å². The predicted molar refractivity (Wildman–Crippen MR) is 92.9 cm³/mol. The predicted octanol–water partition coefficient (Wildman–Crippen LogP) is 3.10. The number of sulfone groups is 1. The fourth-order valence-electron chi connectivity index (χ4n) is 1.97. The molecule has 1 amide bonds. The number of nitrogens with one attached hydrogen (secondary N) is 2. The first kappa shape index (κ1) is 17.3. The second-order valence-electron chi connectivity index (χ2n) is 5.16. The van der Waals surface area contributed by atoms with Gasteiger partial charge in [-0.1, -0.05) is 23.7 Å². The number of aryl methyl sites for hydroxylation is 1. The molecule has 0 saturated carbocycles. The SMILES string of the molecule is Cc1ccc(S(C)(=O)=O)cc1NCC(=O)Nc1cccc(Cl)c1. The molecule has 23 heavy (non-hydrogen) atoms. The standard InChI is InChI=1S/C16H17ClN2O3S/c1-11-6-7-14(23(2,21)22)9-15(11)18-10-16(20)19-13-5-3-4-12(17)8-13/h3-9,18H,10H2,1-2H3,(H,19,20). The molecule has 0 radical (unpaired) electrons. The van der Waals surface area contributed by atoms with Gasteiger partial charge < -0.3 is 10.6 Å². The summed E-state index contributed by atoms with van der Waals surface area (Å²) in [5.41, 5.74) is 2.06. The van der Waals surface area contributed by atoms with Crippen LogP contribution in [-0.4, -0.2) is 27.1 Å². The quantitative estimate of drug-likeness (QED) is 0.867. The lowest BCUT2D eigenvalue weighted by Crippen LogP contribution is -2.22. The highest BCUT2D eigenvalue weighted by atomic mass is 35.5. The molecule has 5 nitrogen and oxygen atoms in total. The topological polar surface area (TPSA) is 75.3 Å². The van der Waals surface area contributed by atoms with Crippen molar-refractivity contribution in [3.8, 4) is 0 Å². The molecule has 0 aromatic heterocycles. The van der Waals surface area contributed by atoms with Crippen LogP contribution in [0, 0.1) is 6.92 Å². The van der Waals surface area contributed by atoms with Crippen LogP contribution < -0.4 is 10.6 Å². The first-order valence-corrected chi connectivity index (χ1v) is 9.12. The summed E-state index contributed by atoms with van der Waals surface area (Å²) in [5, 5.41) is 6.20. The number of hydrogen-bond donors (Lipinski definition) is 2. The van der Waals surface area contributed by atoms with Crippen molar-refractivity contribution in [3.05, 3.63) is 53.1 Å². The Bertz CT molecular complexity index is 835. The zero-order chi connectivity index (χ0) is 17.0. The number of carbonyl (C=O) groups is 1. The van der Waals surface area contributed by atoms with Gasteiger partial charge in [-0.05, 0) is 42.8 Å². The molecule has 0 saturated heterocycles. The highest BCUT2D eigenvalue weighted by Gasteiger charge is 2.10. The minimum atomic E-state index is -3.29. The normalized spacial score (nSPS) is 11.1. The maximum absolute atomic E-state index is 12.0. The van der Waals surface area contributed by atoms with Crippen molar-refractivity contribution in [1.82, 2.24) is 0 Å². The first-order chi connectivity index (χ1) is 10.8. The Morgan fingerprint density at radius 1 is 1.17 bits per heavy atom. The second kappa shape index (κ2) is 7.02. The molecule has 7 heteroatoms. The minimum absolute atomic E-state index is 0.0145. The van der Waals surface area contributed by atoms with E-state index in [2.05, 4.69) is 10.6 Å². The highest BCUT2D eigenvalue weighted by Crippen LogP contribution is 2.20. The van der Waals surface area contributed by atoms with Gasteiger partial charge in [0, 0.05) is 22.7 Å². The monoisotopic (exact) mass is 352 g/mol. The van der Waals surface area contributed by atoms with Crippen LogP contribution in [0.2, 0.25) is 5.02 Å². The van der Waals surface area contributed by atoms with E-state index in [4.69, 9.17) is 11.6 Å². The van der Waals surface area contributed by atoms with E-state index in [0.717, 1.165) is 11.8 Å². The average molecular weight is 353 g/mol. The third kappa shape index (κ3) is 4.97. The van der Waals surface area contributed by atoms with Crippen molar-refractivity contribution >= 4 is 38.7 Å². The fourth-order valence-corrected chi connectivity index (χ4v) is 2.81.